The molecule has 23 heavy (non-hydrogen) atoms. The number of ether oxygens (including phenoxy) is 2. The molecule has 0 radical (unpaired) electrons. The monoisotopic (exact) mass is 318 g/mol. The molecule has 1 aromatic rings. The first kappa shape index (κ1) is 16.9. The van der Waals surface area contributed by atoms with Crippen molar-refractivity contribution in [3.8, 4) is 11.5 Å². The number of methoxy groups -OCH3 is 1. The predicted molar refractivity (Wildman–Crippen MR) is 86.0 cm³/mol. The molecule has 3 N–H and O–H groups in total. The fourth-order valence-electron chi connectivity index (χ4n) is 2.46. The largest absolute Gasteiger partial charge is 0.493 e. The van der Waals surface area contributed by atoms with Gasteiger partial charge in [-0.25, -0.2) is 0 Å². The summed E-state index contributed by atoms with van der Waals surface area (Å²) in [5.41, 5.74) is 5.95. The van der Waals surface area contributed by atoms with Crippen LogP contribution in [0, 0.1) is 5.92 Å². The zero-order valence-corrected chi connectivity index (χ0v) is 13.2. The molecule has 0 fully saturated rings. The van der Waals surface area contributed by atoms with Crippen LogP contribution >= 0.6 is 0 Å². The van der Waals surface area contributed by atoms with Crippen LogP contribution in [-0.4, -0.2) is 25.5 Å². The zero-order valence-electron chi connectivity index (χ0n) is 13.2. The van der Waals surface area contributed by atoms with Crippen molar-refractivity contribution in [3.05, 3.63) is 35.9 Å². The van der Waals surface area contributed by atoms with Crippen molar-refractivity contribution >= 4 is 11.8 Å². The van der Waals surface area contributed by atoms with Crippen LogP contribution in [0.5, 0.6) is 11.5 Å². The average Bonchev–Trinajstić information content (AvgIpc) is 2.58. The third-order valence-electron chi connectivity index (χ3n) is 3.70. The fraction of sp³-hybridized carbons (Fsp3) is 0.412. The number of hydrogen-bond acceptors (Lipinski definition) is 4. The molecule has 0 unspecified atom stereocenters. The van der Waals surface area contributed by atoms with Gasteiger partial charge in [-0.3, -0.25) is 9.59 Å². The summed E-state index contributed by atoms with van der Waals surface area (Å²) in [6, 6.07) is 5.30. The van der Waals surface area contributed by atoms with Gasteiger partial charge in [0.05, 0.1) is 7.11 Å². The topological polar surface area (TPSA) is 90.7 Å². The molecule has 1 aliphatic rings. The number of primary amides is 1. The van der Waals surface area contributed by atoms with Crippen LogP contribution in [0.2, 0.25) is 0 Å². The van der Waals surface area contributed by atoms with Crippen LogP contribution in [0.4, 0.5) is 0 Å². The maximum absolute atomic E-state index is 12.1. The van der Waals surface area contributed by atoms with Crippen molar-refractivity contribution in [1.29, 1.82) is 0 Å². The van der Waals surface area contributed by atoms with E-state index in [1.807, 2.05) is 6.07 Å². The SMILES string of the molecule is COc1cc(CNC(=O)[C@H]2CC=CCC2)ccc1OCC(N)=O. The van der Waals surface area contributed by atoms with E-state index in [0.717, 1.165) is 24.8 Å². The van der Waals surface area contributed by atoms with Crippen LogP contribution in [0.3, 0.4) is 0 Å². The first-order chi connectivity index (χ1) is 11.1. The second kappa shape index (κ2) is 8.22. The Morgan fingerprint density at radius 3 is 2.78 bits per heavy atom. The Labute approximate surface area is 135 Å². The van der Waals surface area contributed by atoms with Gasteiger partial charge < -0.3 is 20.5 Å². The number of rotatable bonds is 7. The number of nitrogens with one attached hydrogen (secondary N) is 1. The summed E-state index contributed by atoms with van der Waals surface area (Å²) in [4.78, 5) is 22.9. The van der Waals surface area contributed by atoms with Crippen LogP contribution in [0.25, 0.3) is 0 Å². The second-order valence-electron chi connectivity index (χ2n) is 5.44. The van der Waals surface area contributed by atoms with Gasteiger partial charge in [0.2, 0.25) is 5.91 Å². The number of nitrogens with two attached hydrogens (primary N) is 1. The molecule has 0 saturated carbocycles. The van der Waals surface area contributed by atoms with E-state index in [1.54, 1.807) is 12.1 Å². The highest BCUT2D eigenvalue weighted by molar-refractivity contribution is 5.79. The summed E-state index contributed by atoms with van der Waals surface area (Å²) in [6.45, 7) is 0.215. The average molecular weight is 318 g/mol. The summed E-state index contributed by atoms with van der Waals surface area (Å²) in [5.74, 6) is 0.518. The van der Waals surface area contributed by atoms with E-state index in [1.165, 1.54) is 7.11 Å². The lowest BCUT2D eigenvalue weighted by molar-refractivity contribution is -0.125. The van der Waals surface area contributed by atoms with Gasteiger partial charge in [-0.2, -0.15) is 0 Å². The minimum absolute atomic E-state index is 0.0556. The Morgan fingerprint density at radius 2 is 2.13 bits per heavy atom. The third kappa shape index (κ3) is 5.02. The number of benzene rings is 1. The molecule has 0 saturated heterocycles. The molecule has 0 heterocycles. The van der Waals surface area contributed by atoms with E-state index in [0.29, 0.717) is 18.0 Å². The van der Waals surface area contributed by atoms with Gasteiger partial charge in [0.15, 0.2) is 18.1 Å². The number of carbonyl (C=O) groups is 2. The molecular weight excluding hydrogens is 296 g/mol. The van der Waals surface area contributed by atoms with Crippen molar-refractivity contribution in [2.75, 3.05) is 13.7 Å². The Kier molecular flexibility index (Phi) is 6.02. The standard InChI is InChI=1S/C17H22N2O4/c1-22-15-9-12(7-8-14(15)23-11-16(18)20)10-19-17(21)13-5-3-2-4-6-13/h2-3,7-9,13H,4-6,10-11H2,1H3,(H2,18,20)(H,19,21)/t13-/m0/s1. The highest BCUT2D eigenvalue weighted by atomic mass is 16.5. The van der Waals surface area contributed by atoms with E-state index in [-0.39, 0.29) is 18.4 Å². The Balaban J connectivity index is 1.93. The number of hydrogen-bond donors (Lipinski definition) is 2. The summed E-state index contributed by atoms with van der Waals surface area (Å²) in [6.07, 6.45) is 6.82. The zero-order chi connectivity index (χ0) is 16.7. The van der Waals surface area contributed by atoms with Crippen LogP contribution in [0.1, 0.15) is 24.8 Å². The second-order valence-corrected chi connectivity index (χ2v) is 5.44. The smallest absolute Gasteiger partial charge is 0.255 e. The van der Waals surface area contributed by atoms with Crippen LogP contribution < -0.4 is 20.5 Å². The molecule has 0 aliphatic heterocycles. The van der Waals surface area contributed by atoms with Crippen molar-refractivity contribution in [2.24, 2.45) is 11.7 Å². The summed E-state index contributed by atoms with van der Waals surface area (Å²) in [5, 5.41) is 2.95. The first-order valence-electron chi connectivity index (χ1n) is 7.61. The van der Waals surface area contributed by atoms with Gasteiger partial charge in [-0.05, 0) is 37.0 Å². The van der Waals surface area contributed by atoms with E-state index in [4.69, 9.17) is 15.2 Å². The van der Waals surface area contributed by atoms with Gasteiger partial charge in [0.25, 0.3) is 5.91 Å². The molecule has 124 valence electrons. The van der Waals surface area contributed by atoms with E-state index < -0.39 is 5.91 Å². The molecule has 0 bridgehead atoms. The Hall–Kier alpha value is -2.50. The van der Waals surface area contributed by atoms with E-state index in [9.17, 15) is 9.59 Å². The third-order valence-corrected chi connectivity index (χ3v) is 3.70. The number of amides is 2. The molecule has 1 atom stereocenters. The van der Waals surface area contributed by atoms with Gasteiger partial charge in [-0.15, -0.1) is 0 Å². The van der Waals surface area contributed by atoms with Gasteiger partial charge >= 0.3 is 0 Å². The van der Waals surface area contributed by atoms with Crippen molar-refractivity contribution in [1.82, 2.24) is 5.32 Å². The predicted octanol–water partition coefficient (Wildman–Crippen LogP) is 1.53. The first-order valence-corrected chi connectivity index (χ1v) is 7.61. The minimum atomic E-state index is -0.551. The lowest BCUT2D eigenvalue weighted by Gasteiger charge is -2.17. The highest BCUT2D eigenvalue weighted by Gasteiger charge is 2.18. The lowest BCUT2D eigenvalue weighted by Crippen LogP contribution is -2.30. The molecule has 2 rings (SSSR count). The fourth-order valence-corrected chi connectivity index (χ4v) is 2.46. The van der Waals surface area contributed by atoms with Gasteiger partial charge in [0.1, 0.15) is 0 Å². The molecule has 0 spiro atoms. The van der Waals surface area contributed by atoms with Gasteiger partial charge in [0, 0.05) is 12.5 Å². The maximum atomic E-state index is 12.1. The van der Waals surface area contributed by atoms with Crippen LogP contribution in [-0.2, 0) is 16.1 Å². The molecule has 1 aliphatic carbocycles. The van der Waals surface area contributed by atoms with Crippen molar-refractivity contribution < 1.29 is 19.1 Å². The number of carbonyl (C=O) groups excluding carboxylic acids is 2. The molecule has 0 aromatic heterocycles. The summed E-state index contributed by atoms with van der Waals surface area (Å²) >= 11 is 0. The molecular formula is C17H22N2O4. The molecule has 2 amide bonds. The van der Waals surface area contributed by atoms with E-state index in [2.05, 4.69) is 17.5 Å². The normalized spacial score (nSPS) is 16.7. The molecule has 1 aromatic carbocycles. The lowest BCUT2D eigenvalue weighted by atomic mass is 9.93. The molecule has 6 nitrogen and oxygen atoms in total. The highest BCUT2D eigenvalue weighted by Crippen LogP contribution is 2.28. The quantitative estimate of drug-likeness (QED) is 0.746. The number of allylic oxidation sites excluding steroid dienone is 2. The molecule has 6 heteroatoms. The van der Waals surface area contributed by atoms with Crippen molar-refractivity contribution in [3.63, 3.8) is 0 Å². The summed E-state index contributed by atoms with van der Waals surface area (Å²) < 4.78 is 10.5. The van der Waals surface area contributed by atoms with E-state index >= 15 is 0 Å². The summed E-state index contributed by atoms with van der Waals surface area (Å²) in [7, 11) is 1.52. The maximum Gasteiger partial charge on any atom is 0.255 e. The van der Waals surface area contributed by atoms with Crippen LogP contribution in [0.15, 0.2) is 30.4 Å². The Bertz CT molecular complexity index is 598. The Morgan fingerprint density at radius 1 is 1.30 bits per heavy atom. The van der Waals surface area contributed by atoms with Crippen molar-refractivity contribution in [2.45, 2.75) is 25.8 Å². The van der Waals surface area contributed by atoms with Gasteiger partial charge in [-0.1, -0.05) is 18.2 Å². The minimum Gasteiger partial charge on any atom is -0.493 e.